The lowest BCUT2D eigenvalue weighted by atomic mass is 10.1. The summed E-state index contributed by atoms with van der Waals surface area (Å²) in [6.45, 7) is 2.04. The van der Waals surface area contributed by atoms with Crippen LogP contribution in [0.1, 0.15) is 18.4 Å². The Morgan fingerprint density at radius 3 is 3.00 bits per heavy atom. The van der Waals surface area contributed by atoms with Crippen LogP contribution in [0.3, 0.4) is 0 Å². The van der Waals surface area contributed by atoms with Gasteiger partial charge in [-0.15, -0.1) is 0 Å². The SMILES string of the molecule is O=C(NC1CC=CCCNC1)OCc1ccccc1. The van der Waals surface area contributed by atoms with Crippen LogP contribution < -0.4 is 10.6 Å². The Balaban J connectivity index is 1.74. The Bertz CT molecular complexity index is 417. The summed E-state index contributed by atoms with van der Waals surface area (Å²) in [7, 11) is 0. The first-order valence-electron chi connectivity index (χ1n) is 6.67. The fourth-order valence-electron chi connectivity index (χ4n) is 1.96. The van der Waals surface area contributed by atoms with Crippen molar-refractivity contribution in [3.05, 3.63) is 48.0 Å². The molecule has 1 aromatic carbocycles. The molecule has 0 radical (unpaired) electrons. The second-order valence-electron chi connectivity index (χ2n) is 4.60. The van der Waals surface area contributed by atoms with Gasteiger partial charge in [0.25, 0.3) is 0 Å². The molecule has 0 saturated heterocycles. The number of benzene rings is 1. The smallest absolute Gasteiger partial charge is 0.407 e. The summed E-state index contributed by atoms with van der Waals surface area (Å²) in [4.78, 5) is 11.7. The molecule has 102 valence electrons. The lowest BCUT2D eigenvalue weighted by Crippen LogP contribution is -2.42. The summed E-state index contributed by atoms with van der Waals surface area (Å²) in [5, 5.41) is 6.18. The number of ether oxygens (including phenoxy) is 1. The van der Waals surface area contributed by atoms with Crippen molar-refractivity contribution >= 4 is 6.09 Å². The van der Waals surface area contributed by atoms with Gasteiger partial charge in [-0.05, 0) is 24.9 Å². The van der Waals surface area contributed by atoms with Crippen molar-refractivity contribution in [1.82, 2.24) is 10.6 Å². The van der Waals surface area contributed by atoms with Gasteiger partial charge in [0.1, 0.15) is 6.61 Å². The minimum Gasteiger partial charge on any atom is -0.445 e. The van der Waals surface area contributed by atoms with Crippen molar-refractivity contribution in [1.29, 1.82) is 0 Å². The van der Waals surface area contributed by atoms with E-state index in [1.165, 1.54) is 0 Å². The first kappa shape index (κ1) is 13.6. The number of amides is 1. The Kier molecular flexibility index (Phi) is 5.44. The second-order valence-corrected chi connectivity index (χ2v) is 4.60. The number of nitrogens with one attached hydrogen (secondary N) is 2. The van der Waals surface area contributed by atoms with Gasteiger partial charge in [-0.25, -0.2) is 4.79 Å². The first-order valence-corrected chi connectivity index (χ1v) is 6.67. The highest BCUT2D eigenvalue weighted by atomic mass is 16.5. The maximum Gasteiger partial charge on any atom is 0.407 e. The molecule has 4 heteroatoms. The third-order valence-corrected chi connectivity index (χ3v) is 3.00. The molecular formula is C15H20N2O2. The Morgan fingerprint density at radius 1 is 1.32 bits per heavy atom. The number of alkyl carbamates (subject to hydrolysis) is 1. The highest BCUT2D eigenvalue weighted by Gasteiger charge is 2.12. The number of carbonyl (C=O) groups excluding carboxylic acids is 1. The van der Waals surface area contributed by atoms with Gasteiger partial charge in [0, 0.05) is 12.6 Å². The van der Waals surface area contributed by atoms with Crippen LogP contribution in [0.5, 0.6) is 0 Å². The Labute approximate surface area is 113 Å². The first-order chi connectivity index (χ1) is 9.34. The summed E-state index contributed by atoms with van der Waals surface area (Å²) in [5.74, 6) is 0. The van der Waals surface area contributed by atoms with Crippen LogP contribution in [-0.2, 0) is 11.3 Å². The third-order valence-electron chi connectivity index (χ3n) is 3.00. The highest BCUT2D eigenvalue weighted by molar-refractivity contribution is 5.67. The van der Waals surface area contributed by atoms with Crippen molar-refractivity contribution in [3.63, 3.8) is 0 Å². The van der Waals surface area contributed by atoms with Gasteiger partial charge in [0.05, 0.1) is 0 Å². The molecule has 1 heterocycles. The van der Waals surface area contributed by atoms with Gasteiger partial charge in [-0.2, -0.15) is 0 Å². The summed E-state index contributed by atoms with van der Waals surface area (Å²) >= 11 is 0. The van der Waals surface area contributed by atoms with Crippen molar-refractivity contribution in [3.8, 4) is 0 Å². The molecule has 1 atom stereocenters. The van der Waals surface area contributed by atoms with Crippen LogP contribution in [0.25, 0.3) is 0 Å². The summed E-state index contributed by atoms with van der Waals surface area (Å²) in [6.07, 6.45) is 5.78. The summed E-state index contributed by atoms with van der Waals surface area (Å²) in [5.41, 5.74) is 0.994. The van der Waals surface area contributed by atoms with Crippen molar-refractivity contribution in [2.24, 2.45) is 0 Å². The topological polar surface area (TPSA) is 50.4 Å². The van der Waals surface area contributed by atoms with Crippen molar-refractivity contribution in [2.45, 2.75) is 25.5 Å². The van der Waals surface area contributed by atoms with Crippen molar-refractivity contribution < 1.29 is 9.53 Å². The largest absolute Gasteiger partial charge is 0.445 e. The van der Waals surface area contributed by atoms with E-state index in [1.54, 1.807) is 0 Å². The maximum atomic E-state index is 11.7. The molecule has 1 aliphatic heterocycles. The fraction of sp³-hybridized carbons (Fsp3) is 0.400. The number of rotatable bonds is 3. The zero-order chi connectivity index (χ0) is 13.3. The van der Waals surface area contributed by atoms with Crippen LogP contribution in [0.15, 0.2) is 42.5 Å². The predicted octanol–water partition coefficient (Wildman–Crippen LogP) is 2.22. The second kappa shape index (κ2) is 7.59. The molecule has 0 fully saturated rings. The zero-order valence-electron chi connectivity index (χ0n) is 11.0. The van der Waals surface area contributed by atoms with E-state index in [9.17, 15) is 4.79 Å². The van der Waals surface area contributed by atoms with Gasteiger partial charge in [0.2, 0.25) is 0 Å². The van der Waals surface area contributed by atoms with E-state index in [4.69, 9.17) is 4.74 Å². The predicted molar refractivity (Wildman–Crippen MR) is 74.8 cm³/mol. The average molecular weight is 260 g/mol. The molecule has 0 aliphatic carbocycles. The van der Waals surface area contributed by atoms with E-state index in [2.05, 4.69) is 22.8 Å². The van der Waals surface area contributed by atoms with E-state index in [0.717, 1.165) is 31.5 Å². The standard InChI is InChI=1S/C15H20N2O2/c18-15(19-12-13-7-3-1-4-8-13)17-14-9-5-2-6-10-16-11-14/h1-5,7-8,14,16H,6,9-12H2,(H,17,18). The van der Waals surface area contributed by atoms with E-state index in [0.29, 0.717) is 6.61 Å². The quantitative estimate of drug-likeness (QED) is 0.819. The van der Waals surface area contributed by atoms with E-state index >= 15 is 0 Å². The normalized spacial score (nSPS) is 19.3. The Hall–Kier alpha value is -1.81. The molecule has 4 nitrogen and oxygen atoms in total. The van der Waals surface area contributed by atoms with Gasteiger partial charge >= 0.3 is 6.09 Å². The molecule has 0 bridgehead atoms. The lowest BCUT2D eigenvalue weighted by Gasteiger charge is -2.19. The molecule has 2 rings (SSSR count). The van der Waals surface area contributed by atoms with Crippen LogP contribution >= 0.6 is 0 Å². The minimum atomic E-state index is -0.357. The lowest BCUT2D eigenvalue weighted by molar-refractivity contribution is 0.135. The van der Waals surface area contributed by atoms with Crippen LogP contribution in [0.2, 0.25) is 0 Å². The van der Waals surface area contributed by atoms with Crippen LogP contribution in [0.4, 0.5) is 4.79 Å². The third kappa shape index (κ3) is 5.14. The van der Waals surface area contributed by atoms with E-state index in [-0.39, 0.29) is 12.1 Å². The van der Waals surface area contributed by atoms with Gasteiger partial charge in [0.15, 0.2) is 0 Å². The molecule has 1 aromatic rings. The average Bonchev–Trinajstić information content (AvgIpc) is 2.41. The van der Waals surface area contributed by atoms with Crippen molar-refractivity contribution in [2.75, 3.05) is 13.1 Å². The van der Waals surface area contributed by atoms with Gasteiger partial charge in [-0.3, -0.25) is 0 Å². The molecule has 1 aliphatic rings. The molecule has 0 saturated carbocycles. The molecule has 0 spiro atoms. The highest BCUT2D eigenvalue weighted by Crippen LogP contribution is 2.02. The van der Waals surface area contributed by atoms with Gasteiger partial charge in [-0.1, -0.05) is 42.5 Å². The maximum absolute atomic E-state index is 11.7. The molecule has 2 N–H and O–H groups in total. The molecule has 1 unspecified atom stereocenters. The number of carbonyl (C=O) groups is 1. The Morgan fingerprint density at radius 2 is 2.16 bits per heavy atom. The molecule has 0 aromatic heterocycles. The van der Waals surface area contributed by atoms with E-state index in [1.807, 2.05) is 30.3 Å². The zero-order valence-corrected chi connectivity index (χ0v) is 11.0. The monoisotopic (exact) mass is 260 g/mol. The fourth-order valence-corrected chi connectivity index (χ4v) is 1.96. The molecular weight excluding hydrogens is 240 g/mol. The molecule has 19 heavy (non-hydrogen) atoms. The van der Waals surface area contributed by atoms with Crippen LogP contribution in [0, 0.1) is 0 Å². The van der Waals surface area contributed by atoms with E-state index < -0.39 is 0 Å². The van der Waals surface area contributed by atoms with Crippen LogP contribution in [-0.4, -0.2) is 25.2 Å². The summed E-state index contributed by atoms with van der Waals surface area (Å²) < 4.78 is 5.20. The number of hydrogen-bond acceptors (Lipinski definition) is 3. The van der Waals surface area contributed by atoms with Gasteiger partial charge < -0.3 is 15.4 Å². The molecule has 1 amide bonds. The minimum absolute atomic E-state index is 0.0971. The summed E-state index contributed by atoms with van der Waals surface area (Å²) in [6, 6.07) is 9.77. The number of hydrogen-bond donors (Lipinski definition) is 2.